The van der Waals surface area contributed by atoms with E-state index in [0.717, 1.165) is 17.4 Å². The quantitative estimate of drug-likeness (QED) is 0.629. The highest BCUT2D eigenvalue weighted by molar-refractivity contribution is 7.93. The molecule has 184 valence electrons. The van der Waals surface area contributed by atoms with Crippen molar-refractivity contribution in [3.8, 4) is 0 Å². The second-order valence-electron chi connectivity index (χ2n) is 9.38. The van der Waals surface area contributed by atoms with E-state index in [1.165, 1.54) is 34.8 Å². The van der Waals surface area contributed by atoms with Gasteiger partial charge in [0.1, 0.15) is 11.6 Å². The number of hydrogen-bond donors (Lipinski definition) is 0. The summed E-state index contributed by atoms with van der Waals surface area (Å²) < 4.78 is 40.7. The molecule has 0 N–H and O–H groups in total. The molecular weight excluding hydrogens is 479 g/mol. The van der Waals surface area contributed by atoms with Gasteiger partial charge in [-0.2, -0.15) is 0 Å². The Morgan fingerprint density at radius 3 is 2.35 bits per heavy atom. The fraction of sp³-hybridized carbons (Fsp3) is 0.500. The molecule has 0 radical (unpaired) electrons. The molecule has 1 amide bonds. The van der Waals surface area contributed by atoms with Gasteiger partial charge in [0.05, 0.1) is 17.0 Å². The molecule has 7 nitrogen and oxygen atoms in total. The molecule has 3 heterocycles. The van der Waals surface area contributed by atoms with Crippen molar-refractivity contribution in [2.75, 3.05) is 41.1 Å². The summed E-state index contributed by atoms with van der Waals surface area (Å²) in [6.07, 6.45) is 4.96. The molecule has 34 heavy (non-hydrogen) atoms. The molecule has 1 aliphatic carbocycles. The van der Waals surface area contributed by atoms with Crippen molar-refractivity contribution in [2.45, 2.75) is 45.1 Å². The summed E-state index contributed by atoms with van der Waals surface area (Å²) >= 11 is 0. The number of aromatic nitrogens is 1. The summed E-state index contributed by atoms with van der Waals surface area (Å²) in [5.41, 5.74) is 2.70. The minimum atomic E-state index is -3.44. The molecule has 1 saturated carbocycles. The zero-order valence-corrected chi connectivity index (χ0v) is 21.0. The van der Waals surface area contributed by atoms with Gasteiger partial charge in [-0.15, -0.1) is 12.4 Å². The monoisotopic (exact) mass is 508 g/mol. The molecule has 1 aromatic carbocycles. The maximum absolute atomic E-state index is 14.9. The number of piperazine rings is 1. The Kier molecular flexibility index (Phi) is 6.79. The number of pyridine rings is 1. The largest absolute Gasteiger partial charge is 0.353 e. The Morgan fingerprint density at radius 1 is 1.09 bits per heavy atom. The van der Waals surface area contributed by atoms with Crippen LogP contribution in [0.15, 0.2) is 30.5 Å². The van der Waals surface area contributed by atoms with E-state index in [9.17, 15) is 17.6 Å². The normalized spacial score (nSPS) is 22.0. The van der Waals surface area contributed by atoms with Gasteiger partial charge < -0.3 is 9.80 Å². The molecule has 2 aliphatic heterocycles. The van der Waals surface area contributed by atoms with Crippen LogP contribution < -0.4 is 9.21 Å². The highest BCUT2D eigenvalue weighted by Crippen LogP contribution is 2.40. The first-order chi connectivity index (χ1) is 15.7. The number of carbonyl (C=O) groups is 1. The maximum Gasteiger partial charge on any atom is 0.256 e. The molecule has 2 saturated heterocycles. The van der Waals surface area contributed by atoms with Crippen molar-refractivity contribution in [1.82, 2.24) is 9.88 Å². The zero-order chi connectivity index (χ0) is 23.3. The first-order valence-corrected chi connectivity index (χ1v) is 13.2. The number of sulfonamides is 1. The molecule has 0 unspecified atom stereocenters. The molecule has 10 heteroatoms. The van der Waals surface area contributed by atoms with Crippen LogP contribution in [0.1, 0.15) is 53.6 Å². The van der Waals surface area contributed by atoms with Gasteiger partial charge in [-0.3, -0.25) is 9.10 Å². The van der Waals surface area contributed by atoms with Crippen LogP contribution in [0.3, 0.4) is 0 Å². The number of benzene rings is 1. The van der Waals surface area contributed by atoms with Crippen molar-refractivity contribution in [2.24, 2.45) is 0 Å². The van der Waals surface area contributed by atoms with E-state index in [1.54, 1.807) is 11.8 Å². The molecule has 1 aromatic heterocycles. The van der Waals surface area contributed by atoms with Gasteiger partial charge >= 0.3 is 0 Å². The van der Waals surface area contributed by atoms with Gasteiger partial charge in [0.15, 0.2) is 0 Å². The third-order valence-corrected chi connectivity index (χ3v) is 8.84. The van der Waals surface area contributed by atoms with Gasteiger partial charge in [-0.1, -0.05) is 6.07 Å². The lowest BCUT2D eigenvalue weighted by molar-refractivity contribution is 0.0742. The molecule has 3 fully saturated rings. The Bertz CT molecular complexity index is 1200. The summed E-state index contributed by atoms with van der Waals surface area (Å²) in [6, 6.07) is 6.09. The zero-order valence-electron chi connectivity index (χ0n) is 19.4. The topological polar surface area (TPSA) is 73.8 Å². The van der Waals surface area contributed by atoms with Crippen LogP contribution in [0.5, 0.6) is 0 Å². The third kappa shape index (κ3) is 4.60. The lowest BCUT2D eigenvalue weighted by atomic mass is 10.1. The molecular formula is C24H30ClFN4O3S. The summed E-state index contributed by atoms with van der Waals surface area (Å²) in [4.78, 5) is 21.5. The van der Waals surface area contributed by atoms with E-state index in [1.807, 2.05) is 6.20 Å². The van der Waals surface area contributed by atoms with Gasteiger partial charge in [-0.25, -0.2) is 17.8 Å². The second kappa shape index (κ2) is 9.34. The minimum absolute atomic E-state index is 0. The van der Waals surface area contributed by atoms with E-state index in [-0.39, 0.29) is 41.4 Å². The van der Waals surface area contributed by atoms with Crippen LogP contribution in [-0.2, 0) is 10.0 Å². The number of carbonyl (C=O) groups excluding carboxylic acids is 1. The molecule has 0 bridgehead atoms. The maximum atomic E-state index is 14.9. The second-order valence-corrected chi connectivity index (χ2v) is 11.3. The van der Waals surface area contributed by atoms with Gasteiger partial charge in [0, 0.05) is 38.4 Å². The Balaban J connectivity index is 0.00000274. The van der Waals surface area contributed by atoms with Crippen molar-refractivity contribution in [1.29, 1.82) is 0 Å². The standard InChI is InChI=1S/C24H29FN4O3S.ClH/c1-16-13-19(18-3-4-18)15-26-23(16)27-8-10-28(11-9-27)24(30)21-6-5-20(14-22(21)25)29-17(2)7-12-33(29,31)32;/h5-6,13-15,17-18H,3-4,7-12H2,1-2H3;1H/t17-;/m1./s1. The predicted molar refractivity (Wildman–Crippen MR) is 133 cm³/mol. The average molecular weight is 509 g/mol. The molecule has 2 aromatic rings. The van der Waals surface area contributed by atoms with Gasteiger partial charge in [0.25, 0.3) is 5.91 Å². The predicted octanol–water partition coefficient (Wildman–Crippen LogP) is 3.72. The Morgan fingerprint density at radius 2 is 1.79 bits per heavy atom. The highest BCUT2D eigenvalue weighted by atomic mass is 35.5. The van der Waals surface area contributed by atoms with Crippen molar-refractivity contribution < 1.29 is 17.6 Å². The summed E-state index contributed by atoms with van der Waals surface area (Å²) in [5.74, 6) is 0.600. The molecule has 3 aliphatic rings. The average Bonchev–Trinajstić information content (AvgIpc) is 3.59. The fourth-order valence-electron chi connectivity index (χ4n) is 4.89. The smallest absolute Gasteiger partial charge is 0.256 e. The van der Waals surface area contributed by atoms with E-state index in [2.05, 4.69) is 22.9 Å². The number of anilines is 2. The van der Waals surface area contributed by atoms with Crippen LogP contribution in [0.4, 0.5) is 15.9 Å². The third-order valence-electron chi connectivity index (χ3n) is 6.92. The number of aryl methyl sites for hydroxylation is 1. The molecule has 5 rings (SSSR count). The summed E-state index contributed by atoms with van der Waals surface area (Å²) in [5, 5.41) is 0. The Labute approximate surface area is 206 Å². The van der Waals surface area contributed by atoms with E-state index >= 15 is 0 Å². The number of nitrogens with zero attached hydrogens (tertiary/aromatic N) is 4. The number of amides is 1. The van der Waals surface area contributed by atoms with E-state index in [4.69, 9.17) is 0 Å². The number of hydrogen-bond acceptors (Lipinski definition) is 5. The van der Waals surface area contributed by atoms with Crippen molar-refractivity contribution in [3.63, 3.8) is 0 Å². The van der Waals surface area contributed by atoms with Crippen LogP contribution >= 0.6 is 12.4 Å². The van der Waals surface area contributed by atoms with E-state index in [0.29, 0.717) is 38.5 Å². The Hall–Kier alpha value is -2.39. The summed E-state index contributed by atoms with van der Waals surface area (Å²) in [7, 11) is -3.44. The number of halogens is 2. The van der Waals surface area contributed by atoms with Crippen molar-refractivity contribution in [3.05, 3.63) is 53.0 Å². The first kappa shape index (κ1) is 24.7. The summed E-state index contributed by atoms with van der Waals surface area (Å²) in [6.45, 7) is 6.09. The highest BCUT2D eigenvalue weighted by Gasteiger charge is 2.35. The SMILES string of the molecule is Cc1cc(C2CC2)cnc1N1CCN(C(=O)c2ccc(N3[C@H](C)CCS3(=O)=O)cc2F)CC1.Cl. The molecule has 1 atom stereocenters. The fourth-order valence-corrected chi connectivity index (χ4v) is 6.82. The van der Waals surface area contributed by atoms with Crippen LogP contribution in [-0.4, -0.2) is 62.2 Å². The minimum Gasteiger partial charge on any atom is -0.353 e. The lowest BCUT2D eigenvalue weighted by Crippen LogP contribution is -2.49. The van der Waals surface area contributed by atoms with Crippen molar-refractivity contribution >= 4 is 39.8 Å². The first-order valence-electron chi connectivity index (χ1n) is 11.6. The van der Waals surface area contributed by atoms with Crippen LogP contribution in [0, 0.1) is 12.7 Å². The van der Waals surface area contributed by atoms with Gasteiger partial charge in [-0.05, 0) is 68.4 Å². The molecule has 0 spiro atoms. The van der Waals surface area contributed by atoms with Gasteiger partial charge in [0.2, 0.25) is 10.0 Å². The van der Waals surface area contributed by atoms with Crippen LogP contribution in [0.25, 0.3) is 0 Å². The van der Waals surface area contributed by atoms with E-state index < -0.39 is 15.8 Å². The lowest BCUT2D eigenvalue weighted by Gasteiger charge is -2.36. The number of rotatable bonds is 4. The van der Waals surface area contributed by atoms with Crippen LogP contribution in [0.2, 0.25) is 0 Å².